The SMILES string of the molecule is CCNC(=NCc1nc(C)c(C)o1)NCC(C)(C)Sc1ccc(Br)cc1.I. The first-order valence-corrected chi connectivity index (χ1v) is 10.3. The van der Waals surface area contributed by atoms with Gasteiger partial charge in [-0.15, -0.1) is 35.7 Å². The lowest BCUT2D eigenvalue weighted by atomic mass is 10.2. The molecule has 0 fully saturated rings. The Kier molecular flexibility index (Phi) is 10.2. The highest BCUT2D eigenvalue weighted by Gasteiger charge is 2.20. The van der Waals surface area contributed by atoms with Crippen LogP contribution in [0.4, 0.5) is 0 Å². The van der Waals surface area contributed by atoms with E-state index in [0.717, 1.165) is 35.0 Å². The minimum Gasteiger partial charge on any atom is -0.444 e. The molecule has 1 aromatic heterocycles. The van der Waals surface area contributed by atoms with Crippen LogP contribution in [0.1, 0.15) is 38.1 Å². The summed E-state index contributed by atoms with van der Waals surface area (Å²) in [4.78, 5) is 10.2. The Labute approximate surface area is 191 Å². The maximum Gasteiger partial charge on any atom is 0.216 e. The Morgan fingerprint density at radius 2 is 1.89 bits per heavy atom. The van der Waals surface area contributed by atoms with Gasteiger partial charge < -0.3 is 15.1 Å². The predicted octanol–water partition coefficient (Wildman–Crippen LogP) is 5.30. The monoisotopic (exact) mass is 566 g/mol. The van der Waals surface area contributed by atoms with E-state index in [-0.39, 0.29) is 28.7 Å². The van der Waals surface area contributed by atoms with Gasteiger partial charge in [-0.2, -0.15) is 0 Å². The Morgan fingerprint density at radius 3 is 2.44 bits per heavy atom. The second kappa shape index (κ2) is 11.3. The van der Waals surface area contributed by atoms with Gasteiger partial charge in [0.2, 0.25) is 5.89 Å². The third-order valence-corrected chi connectivity index (χ3v) is 5.41. The number of oxazole rings is 1. The van der Waals surface area contributed by atoms with Crippen molar-refractivity contribution in [2.24, 2.45) is 4.99 Å². The van der Waals surface area contributed by atoms with E-state index < -0.39 is 0 Å². The first kappa shape index (κ1) is 24.3. The van der Waals surface area contributed by atoms with Crippen molar-refractivity contribution in [3.63, 3.8) is 0 Å². The van der Waals surface area contributed by atoms with Crippen LogP contribution in [0.5, 0.6) is 0 Å². The zero-order chi connectivity index (χ0) is 19.2. The van der Waals surface area contributed by atoms with Gasteiger partial charge >= 0.3 is 0 Å². The van der Waals surface area contributed by atoms with Crippen molar-refractivity contribution >= 4 is 57.6 Å². The van der Waals surface area contributed by atoms with Crippen molar-refractivity contribution in [1.29, 1.82) is 0 Å². The van der Waals surface area contributed by atoms with Crippen LogP contribution in [-0.4, -0.2) is 28.8 Å². The average Bonchev–Trinajstić information content (AvgIpc) is 2.90. The predicted molar refractivity (Wildman–Crippen MR) is 128 cm³/mol. The number of hydrogen-bond donors (Lipinski definition) is 2. The van der Waals surface area contributed by atoms with Crippen LogP contribution in [0.15, 0.2) is 43.0 Å². The normalized spacial score (nSPS) is 11.9. The highest BCUT2D eigenvalue weighted by atomic mass is 127. The van der Waals surface area contributed by atoms with Crippen molar-refractivity contribution in [3.8, 4) is 0 Å². The molecule has 1 heterocycles. The van der Waals surface area contributed by atoms with E-state index in [4.69, 9.17) is 4.42 Å². The Balaban J connectivity index is 0.00000364. The molecular formula is C19H28BrIN4OS. The van der Waals surface area contributed by atoms with E-state index in [1.165, 1.54) is 4.90 Å². The van der Waals surface area contributed by atoms with Crippen molar-refractivity contribution < 1.29 is 4.42 Å². The molecule has 2 aromatic rings. The number of aromatic nitrogens is 1. The van der Waals surface area contributed by atoms with Gasteiger partial charge in [-0.05, 0) is 58.9 Å². The van der Waals surface area contributed by atoms with Crippen LogP contribution in [0.2, 0.25) is 0 Å². The number of hydrogen-bond acceptors (Lipinski definition) is 4. The minimum absolute atomic E-state index is 0. The lowest BCUT2D eigenvalue weighted by Gasteiger charge is -2.25. The maximum absolute atomic E-state index is 5.60. The van der Waals surface area contributed by atoms with Gasteiger partial charge in [0.25, 0.3) is 0 Å². The van der Waals surface area contributed by atoms with Gasteiger partial charge in [-0.25, -0.2) is 9.98 Å². The van der Waals surface area contributed by atoms with Crippen LogP contribution >= 0.6 is 51.7 Å². The third-order valence-electron chi connectivity index (χ3n) is 3.68. The molecule has 1 aromatic carbocycles. The highest BCUT2D eigenvalue weighted by molar-refractivity contribution is 14.0. The molecule has 0 aliphatic carbocycles. The summed E-state index contributed by atoms with van der Waals surface area (Å²) in [5.41, 5.74) is 0.917. The Morgan fingerprint density at radius 1 is 1.22 bits per heavy atom. The number of aryl methyl sites for hydroxylation is 2. The van der Waals surface area contributed by atoms with E-state index in [2.05, 4.69) is 81.6 Å². The first-order valence-electron chi connectivity index (χ1n) is 8.69. The summed E-state index contributed by atoms with van der Waals surface area (Å²) in [5, 5.41) is 6.70. The fourth-order valence-electron chi connectivity index (χ4n) is 2.25. The molecular weight excluding hydrogens is 539 g/mol. The highest BCUT2D eigenvalue weighted by Crippen LogP contribution is 2.32. The standard InChI is InChI=1S/C19H27BrN4OS.HI/c1-6-21-18(22-11-17-24-13(2)14(3)25-17)23-12-19(4,5)26-16-9-7-15(20)8-10-16;/h7-10H,6,11-12H2,1-5H3,(H2,21,22,23);1H. The summed E-state index contributed by atoms with van der Waals surface area (Å²) >= 11 is 5.31. The summed E-state index contributed by atoms with van der Waals surface area (Å²) < 4.78 is 6.70. The van der Waals surface area contributed by atoms with Gasteiger partial charge in [0.05, 0.1) is 5.69 Å². The molecule has 2 rings (SSSR count). The number of halogens is 2. The lowest BCUT2D eigenvalue weighted by Crippen LogP contribution is -2.43. The smallest absolute Gasteiger partial charge is 0.216 e. The third kappa shape index (κ3) is 8.43. The fourth-order valence-corrected chi connectivity index (χ4v) is 3.57. The van der Waals surface area contributed by atoms with Crippen LogP contribution in [0.3, 0.4) is 0 Å². The quantitative estimate of drug-likeness (QED) is 0.206. The van der Waals surface area contributed by atoms with Crippen molar-refractivity contribution in [2.45, 2.75) is 50.8 Å². The Hall–Kier alpha value is -0.740. The molecule has 0 bridgehead atoms. The van der Waals surface area contributed by atoms with Crippen LogP contribution in [0, 0.1) is 13.8 Å². The molecule has 2 N–H and O–H groups in total. The van der Waals surface area contributed by atoms with Crippen molar-refractivity contribution in [2.75, 3.05) is 13.1 Å². The molecule has 0 unspecified atom stereocenters. The second-order valence-corrected chi connectivity index (χ2v) is 9.31. The van der Waals surface area contributed by atoms with Gasteiger partial charge in [-0.1, -0.05) is 15.9 Å². The molecule has 0 saturated carbocycles. The Bertz CT molecular complexity index is 727. The summed E-state index contributed by atoms with van der Waals surface area (Å²) in [7, 11) is 0. The largest absolute Gasteiger partial charge is 0.444 e. The molecule has 0 atom stereocenters. The van der Waals surface area contributed by atoms with E-state index in [0.29, 0.717) is 12.4 Å². The fraction of sp³-hybridized carbons (Fsp3) is 0.474. The molecule has 0 spiro atoms. The summed E-state index contributed by atoms with van der Waals surface area (Å²) in [5.74, 6) is 2.26. The van der Waals surface area contributed by atoms with Crippen LogP contribution < -0.4 is 10.6 Å². The molecule has 27 heavy (non-hydrogen) atoms. The van der Waals surface area contributed by atoms with E-state index in [9.17, 15) is 0 Å². The van der Waals surface area contributed by atoms with Gasteiger partial charge in [0.1, 0.15) is 12.3 Å². The number of benzene rings is 1. The van der Waals surface area contributed by atoms with Gasteiger partial charge in [0.15, 0.2) is 5.96 Å². The zero-order valence-corrected chi connectivity index (χ0v) is 21.2. The molecule has 0 saturated heterocycles. The minimum atomic E-state index is 0. The van der Waals surface area contributed by atoms with E-state index >= 15 is 0 Å². The summed E-state index contributed by atoms with van der Waals surface area (Å²) in [6.07, 6.45) is 0. The second-order valence-electron chi connectivity index (χ2n) is 6.61. The van der Waals surface area contributed by atoms with Crippen molar-refractivity contribution in [3.05, 3.63) is 46.1 Å². The van der Waals surface area contributed by atoms with E-state index in [1.807, 2.05) is 25.6 Å². The zero-order valence-electron chi connectivity index (χ0n) is 16.4. The maximum atomic E-state index is 5.60. The molecule has 5 nitrogen and oxygen atoms in total. The lowest BCUT2D eigenvalue weighted by molar-refractivity contribution is 0.472. The number of guanidine groups is 1. The first-order chi connectivity index (χ1) is 12.3. The molecule has 0 aliphatic heterocycles. The van der Waals surface area contributed by atoms with Gasteiger partial charge in [-0.3, -0.25) is 0 Å². The number of thioether (sulfide) groups is 1. The molecule has 150 valence electrons. The van der Waals surface area contributed by atoms with Crippen LogP contribution in [-0.2, 0) is 6.54 Å². The van der Waals surface area contributed by atoms with Crippen LogP contribution in [0.25, 0.3) is 0 Å². The summed E-state index contributed by atoms with van der Waals surface area (Å²) in [6.45, 7) is 12.4. The number of aliphatic imine (C=N–C) groups is 1. The molecule has 8 heteroatoms. The van der Waals surface area contributed by atoms with Gasteiger partial charge in [0, 0.05) is 27.2 Å². The summed E-state index contributed by atoms with van der Waals surface area (Å²) in [6, 6.07) is 8.39. The number of rotatable bonds is 7. The van der Waals surface area contributed by atoms with E-state index in [1.54, 1.807) is 0 Å². The number of nitrogens with one attached hydrogen (secondary N) is 2. The molecule has 0 aliphatic rings. The average molecular weight is 567 g/mol. The molecule has 0 amide bonds. The number of nitrogens with zero attached hydrogens (tertiary/aromatic N) is 2. The molecule has 0 radical (unpaired) electrons. The topological polar surface area (TPSA) is 62.5 Å². The van der Waals surface area contributed by atoms with Crippen molar-refractivity contribution in [1.82, 2.24) is 15.6 Å².